The zero-order chi connectivity index (χ0) is 39.0. The molecule has 0 aromatic heterocycles. The molecule has 2 aromatic carbocycles. The number of hydrogen-bond acceptors (Lipinski definition) is 13. The first-order valence-electron chi connectivity index (χ1n) is 17.7. The van der Waals surface area contributed by atoms with E-state index in [-0.39, 0.29) is 67.2 Å². The molecule has 0 radical (unpaired) electrons. The van der Waals surface area contributed by atoms with Crippen molar-refractivity contribution in [1.82, 2.24) is 20.0 Å². The standard InChI is InChI=1S/C36H42N6O11S/c1-19-14-38(15-20(2)37-19)33(44)28-13-27(16-39(28)36(47)53-18-24-7-11-26(12-8-24)42(50)51)54-32-21(3)30-29(22(4)43)34(45)40(30)31(32)35(46)52-17-23-5-9-25(10-6-23)41(48)49/h5-12,19-22,27-30,37,43H,13-18H2,1-4H3/t19-,20+,21-,22-,27+,28+,29-,30-/m1/s1. The van der Waals surface area contributed by atoms with E-state index < -0.39 is 57.2 Å². The smallest absolute Gasteiger partial charge is 0.410 e. The van der Waals surface area contributed by atoms with E-state index in [1.165, 1.54) is 77.0 Å². The van der Waals surface area contributed by atoms with Crippen LogP contribution in [0, 0.1) is 32.1 Å². The lowest BCUT2D eigenvalue weighted by atomic mass is 9.79. The number of nitrogens with one attached hydrogen (secondary N) is 1. The van der Waals surface area contributed by atoms with Gasteiger partial charge in [0.15, 0.2) is 0 Å². The molecular formula is C36H42N6O11S. The van der Waals surface area contributed by atoms with Crippen molar-refractivity contribution >= 4 is 47.0 Å². The van der Waals surface area contributed by atoms with Crippen LogP contribution in [0.15, 0.2) is 59.1 Å². The Balaban J connectivity index is 1.24. The fraction of sp³-hybridized carbons (Fsp3) is 0.500. The molecule has 6 rings (SSSR count). The van der Waals surface area contributed by atoms with Crippen molar-refractivity contribution in [1.29, 1.82) is 0 Å². The zero-order valence-corrected chi connectivity index (χ0v) is 31.0. The Kier molecular flexibility index (Phi) is 11.3. The molecule has 0 bridgehead atoms. The van der Waals surface area contributed by atoms with E-state index in [9.17, 15) is 44.5 Å². The van der Waals surface area contributed by atoms with Gasteiger partial charge in [0.1, 0.15) is 25.0 Å². The first kappa shape index (κ1) is 38.6. The molecule has 3 fully saturated rings. The van der Waals surface area contributed by atoms with Crippen LogP contribution in [0.2, 0.25) is 0 Å². The Morgan fingerprint density at radius 1 is 0.907 bits per heavy atom. The zero-order valence-electron chi connectivity index (χ0n) is 30.2. The van der Waals surface area contributed by atoms with Crippen molar-refractivity contribution < 1.29 is 43.6 Å². The quantitative estimate of drug-likeness (QED) is 0.146. The van der Waals surface area contributed by atoms with Crippen molar-refractivity contribution in [3.8, 4) is 0 Å². The Morgan fingerprint density at radius 3 is 1.96 bits per heavy atom. The summed E-state index contributed by atoms with van der Waals surface area (Å²) in [6.45, 7) is 7.89. The summed E-state index contributed by atoms with van der Waals surface area (Å²) in [5.41, 5.74) is 0.835. The van der Waals surface area contributed by atoms with Gasteiger partial charge in [-0.3, -0.25) is 34.7 Å². The first-order chi connectivity index (χ1) is 25.6. The Hall–Kier alpha value is -5.07. The predicted octanol–water partition coefficient (Wildman–Crippen LogP) is 3.34. The molecule has 17 nitrogen and oxygen atoms in total. The molecule has 4 aliphatic rings. The number of nitrogens with zero attached hydrogens (tertiary/aromatic N) is 5. The molecule has 288 valence electrons. The maximum absolute atomic E-state index is 14.1. The highest BCUT2D eigenvalue weighted by Crippen LogP contribution is 2.52. The lowest BCUT2D eigenvalue weighted by Gasteiger charge is -2.46. The number of aliphatic hydroxyl groups is 1. The van der Waals surface area contributed by atoms with Gasteiger partial charge in [-0.25, -0.2) is 9.59 Å². The van der Waals surface area contributed by atoms with E-state index in [4.69, 9.17) is 9.47 Å². The molecule has 4 aliphatic heterocycles. The summed E-state index contributed by atoms with van der Waals surface area (Å²) in [5, 5.41) is 35.6. The largest absolute Gasteiger partial charge is 0.456 e. The van der Waals surface area contributed by atoms with E-state index in [1.807, 2.05) is 20.8 Å². The van der Waals surface area contributed by atoms with Crippen LogP contribution in [0.1, 0.15) is 45.2 Å². The molecule has 0 aliphatic carbocycles. The number of piperazine rings is 1. The second-order valence-electron chi connectivity index (χ2n) is 14.3. The first-order valence-corrected chi connectivity index (χ1v) is 18.6. The maximum atomic E-state index is 14.1. The van der Waals surface area contributed by atoms with Crippen molar-refractivity contribution in [3.05, 3.63) is 90.5 Å². The third-order valence-corrected chi connectivity index (χ3v) is 11.8. The number of hydrogen-bond donors (Lipinski definition) is 2. The van der Waals surface area contributed by atoms with Gasteiger partial charge >= 0.3 is 12.1 Å². The van der Waals surface area contributed by atoms with E-state index in [1.54, 1.807) is 4.90 Å². The number of aliphatic hydroxyl groups excluding tert-OH is 1. The summed E-state index contributed by atoms with van der Waals surface area (Å²) in [7, 11) is 0. The number of rotatable bonds is 11. The molecule has 3 amide bonds. The Bertz CT molecular complexity index is 1850. The number of non-ortho nitro benzene ring substituents is 2. The lowest BCUT2D eigenvalue weighted by Crippen LogP contribution is -2.63. The highest BCUT2D eigenvalue weighted by molar-refractivity contribution is 8.03. The Morgan fingerprint density at radius 2 is 1.44 bits per heavy atom. The van der Waals surface area contributed by atoms with Gasteiger partial charge in [-0.05, 0) is 62.6 Å². The number of carbonyl (C=O) groups excluding carboxylic acids is 4. The van der Waals surface area contributed by atoms with Crippen LogP contribution in [0.25, 0.3) is 0 Å². The molecule has 0 unspecified atom stereocenters. The topological polar surface area (TPSA) is 215 Å². The van der Waals surface area contributed by atoms with E-state index in [2.05, 4.69) is 5.32 Å². The van der Waals surface area contributed by atoms with Gasteiger partial charge in [0.05, 0.1) is 27.9 Å². The summed E-state index contributed by atoms with van der Waals surface area (Å²) in [4.78, 5) is 81.0. The third kappa shape index (κ3) is 7.76. The van der Waals surface area contributed by atoms with Gasteiger partial charge in [0.25, 0.3) is 11.4 Å². The molecule has 0 spiro atoms. The Labute approximate surface area is 314 Å². The predicted molar refractivity (Wildman–Crippen MR) is 193 cm³/mol. The van der Waals surface area contributed by atoms with Gasteiger partial charge in [-0.15, -0.1) is 11.8 Å². The molecule has 18 heteroatoms. The van der Waals surface area contributed by atoms with Gasteiger partial charge in [-0.1, -0.05) is 6.92 Å². The number of ether oxygens (including phenoxy) is 2. The van der Waals surface area contributed by atoms with Crippen LogP contribution < -0.4 is 5.32 Å². The van der Waals surface area contributed by atoms with Crippen LogP contribution in [-0.4, -0.2) is 109 Å². The highest BCUT2D eigenvalue weighted by atomic mass is 32.2. The normalized spacial score (nSPS) is 26.9. The van der Waals surface area contributed by atoms with E-state index >= 15 is 0 Å². The summed E-state index contributed by atoms with van der Waals surface area (Å²) >= 11 is 1.29. The van der Waals surface area contributed by atoms with Crippen molar-refractivity contribution in [2.24, 2.45) is 11.8 Å². The average molecular weight is 767 g/mol. The second kappa shape index (κ2) is 15.7. The number of amides is 3. The van der Waals surface area contributed by atoms with Crippen LogP contribution in [-0.2, 0) is 37.1 Å². The van der Waals surface area contributed by atoms with E-state index in [0.29, 0.717) is 29.1 Å². The monoisotopic (exact) mass is 766 g/mol. The van der Waals surface area contributed by atoms with E-state index in [0.717, 1.165) is 0 Å². The van der Waals surface area contributed by atoms with Crippen molar-refractivity contribution in [3.63, 3.8) is 0 Å². The fourth-order valence-corrected chi connectivity index (χ4v) is 9.28. The van der Waals surface area contributed by atoms with Crippen LogP contribution >= 0.6 is 11.8 Å². The van der Waals surface area contributed by atoms with Gasteiger partial charge in [0.2, 0.25) is 11.8 Å². The number of nitro benzene ring substituents is 2. The lowest BCUT2D eigenvalue weighted by molar-refractivity contribution is -0.385. The number of nitro groups is 2. The van der Waals surface area contributed by atoms with Crippen molar-refractivity contribution in [2.45, 2.75) is 82.9 Å². The number of esters is 1. The summed E-state index contributed by atoms with van der Waals surface area (Å²) in [6, 6.07) is 9.80. The summed E-state index contributed by atoms with van der Waals surface area (Å²) < 4.78 is 11.3. The average Bonchev–Trinajstić information content (AvgIpc) is 3.65. The number of fused-ring (bicyclic) bond motifs is 1. The second-order valence-corrected chi connectivity index (χ2v) is 15.6. The maximum Gasteiger partial charge on any atom is 0.410 e. The SMILES string of the molecule is C[C@@H]1CN(C(=O)[C@@H]2C[C@H](SC3=C(C(=O)OCc4ccc([N+](=O)[O-])cc4)N4C(=O)[C@H]([C@@H](C)O)[C@H]4[C@H]3C)CN2C(=O)OCc2ccc([N+](=O)[O-])cc2)C[C@H](C)N1. The molecule has 54 heavy (non-hydrogen) atoms. The van der Waals surface area contributed by atoms with Gasteiger partial charge in [0, 0.05) is 72.1 Å². The van der Waals surface area contributed by atoms with Crippen LogP contribution in [0.4, 0.5) is 16.2 Å². The molecule has 4 heterocycles. The van der Waals surface area contributed by atoms with Crippen LogP contribution in [0.5, 0.6) is 0 Å². The minimum Gasteiger partial charge on any atom is -0.456 e. The van der Waals surface area contributed by atoms with Crippen molar-refractivity contribution in [2.75, 3.05) is 19.6 Å². The number of thioether (sulfide) groups is 1. The highest BCUT2D eigenvalue weighted by Gasteiger charge is 2.60. The van der Waals surface area contributed by atoms with Gasteiger partial charge < -0.3 is 29.7 Å². The number of benzene rings is 2. The molecular weight excluding hydrogens is 724 g/mol. The fourth-order valence-electron chi connectivity index (χ4n) is 7.76. The molecule has 3 saturated heterocycles. The summed E-state index contributed by atoms with van der Waals surface area (Å²) in [6.07, 6.45) is -1.49. The molecule has 2 N–H and O–H groups in total. The number of carbonyl (C=O) groups is 4. The minimum absolute atomic E-state index is 0.0276. The number of likely N-dealkylation sites (tertiary alicyclic amines) is 1. The van der Waals surface area contributed by atoms with Crippen LogP contribution in [0.3, 0.4) is 0 Å². The third-order valence-electron chi connectivity index (χ3n) is 10.3. The minimum atomic E-state index is -0.971. The molecule has 8 atom stereocenters. The molecule has 0 saturated carbocycles. The molecule has 2 aromatic rings. The summed E-state index contributed by atoms with van der Waals surface area (Å²) in [5.74, 6) is -2.57. The number of β-lactam (4-membered cyclic amide) rings is 1. The van der Waals surface area contributed by atoms with Gasteiger partial charge in [-0.2, -0.15) is 0 Å².